The van der Waals surface area contributed by atoms with E-state index in [1.54, 1.807) is 30.7 Å². The topological polar surface area (TPSA) is 162 Å². The van der Waals surface area contributed by atoms with Gasteiger partial charge in [0.05, 0.1) is 16.8 Å². The van der Waals surface area contributed by atoms with E-state index in [0.717, 1.165) is 44.2 Å². The molecule has 2 N–H and O–H groups in total. The van der Waals surface area contributed by atoms with Crippen LogP contribution in [-0.2, 0) is 6.54 Å². The molecule has 0 bridgehead atoms. The number of hydrogen-bond donors (Lipinski definition) is 1. The fourth-order valence-electron chi connectivity index (χ4n) is 5.54. The molecule has 1 aliphatic rings. The van der Waals surface area contributed by atoms with Crippen LogP contribution in [0.4, 0.5) is 11.6 Å². The van der Waals surface area contributed by atoms with Crippen molar-refractivity contribution in [3.05, 3.63) is 102 Å². The summed E-state index contributed by atoms with van der Waals surface area (Å²) in [5.74, 6) is 1.96. The number of piperazine rings is 1. The molecule has 0 saturated carbocycles. The predicted octanol–water partition coefficient (Wildman–Crippen LogP) is 3.98. The van der Waals surface area contributed by atoms with E-state index in [-0.39, 0.29) is 5.82 Å². The summed E-state index contributed by atoms with van der Waals surface area (Å²) in [6, 6.07) is 25.3. The normalized spacial score (nSPS) is 13.4. The number of nitriles is 2. The first-order chi connectivity index (χ1) is 22.1. The maximum atomic E-state index is 9.66. The highest BCUT2D eigenvalue weighted by Gasteiger charge is 2.21. The first-order valence-electron chi connectivity index (χ1n) is 14.4. The Morgan fingerprint density at radius 3 is 2.33 bits per heavy atom. The zero-order valence-corrected chi connectivity index (χ0v) is 24.1. The van der Waals surface area contributed by atoms with E-state index in [2.05, 4.69) is 60.1 Å². The summed E-state index contributed by atoms with van der Waals surface area (Å²) >= 11 is 0. The van der Waals surface area contributed by atoms with Crippen molar-refractivity contribution in [2.45, 2.75) is 6.54 Å². The lowest BCUT2D eigenvalue weighted by atomic mass is 10.1. The van der Waals surface area contributed by atoms with Crippen molar-refractivity contribution >= 4 is 22.8 Å². The minimum absolute atomic E-state index is 0.185. The Labute approximate surface area is 258 Å². The minimum atomic E-state index is 0.185. The van der Waals surface area contributed by atoms with Crippen LogP contribution in [0.25, 0.3) is 39.6 Å². The fourth-order valence-corrected chi connectivity index (χ4v) is 5.54. The number of pyridine rings is 3. The van der Waals surface area contributed by atoms with Crippen LogP contribution in [0.3, 0.4) is 0 Å². The number of imidazole rings is 1. The van der Waals surface area contributed by atoms with E-state index in [1.807, 2.05) is 41.0 Å². The second kappa shape index (κ2) is 11.8. The molecule has 1 aromatic carbocycles. The van der Waals surface area contributed by atoms with Crippen molar-refractivity contribution in [1.82, 2.24) is 39.4 Å². The molecular weight excluding hydrogens is 564 g/mol. The number of anilines is 2. The first-order valence-corrected chi connectivity index (χ1v) is 14.4. The van der Waals surface area contributed by atoms with Gasteiger partial charge in [-0.05, 0) is 60.2 Å². The summed E-state index contributed by atoms with van der Waals surface area (Å²) in [6.45, 7) is 4.17. The zero-order chi connectivity index (χ0) is 30.8. The molecule has 5 aromatic heterocycles. The van der Waals surface area contributed by atoms with E-state index >= 15 is 0 Å². The Balaban J connectivity index is 1.19. The number of nitrogen functional groups attached to an aromatic ring is 1. The summed E-state index contributed by atoms with van der Waals surface area (Å²) in [4.78, 5) is 31.5. The van der Waals surface area contributed by atoms with E-state index < -0.39 is 0 Å². The van der Waals surface area contributed by atoms with Gasteiger partial charge >= 0.3 is 0 Å². The van der Waals surface area contributed by atoms with E-state index in [9.17, 15) is 5.26 Å². The number of fused-ring (bicyclic) bond motifs is 1. The quantitative estimate of drug-likeness (QED) is 0.298. The number of nitrogens with zero attached hydrogens (tertiary/aromatic N) is 11. The maximum Gasteiger partial charge on any atom is 0.234 e. The van der Waals surface area contributed by atoms with Gasteiger partial charge in [0.25, 0.3) is 0 Å². The molecule has 0 radical (unpaired) electrons. The van der Waals surface area contributed by atoms with E-state index in [0.29, 0.717) is 45.3 Å². The number of nitrogens with two attached hydrogens (primary N) is 1. The molecule has 1 saturated heterocycles. The van der Waals surface area contributed by atoms with Crippen molar-refractivity contribution in [2.75, 3.05) is 36.8 Å². The van der Waals surface area contributed by atoms with Crippen LogP contribution in [0, 0.1) is 22.7 Å². The molecule has 1 fully saturated rings. The van der Waals surface area contributed by atoms with E-state index in [4.69, 9.17) is 21.0 Å². The van der Waals surface area contributed by atoms with Crippen LogP contribution in [0.2, 0.25) is 0 Å². The lowest BCUT2D eigenvalue weighted by Gasteiger charge is -2.35. The SMILES string of the molecule is N#Cc1nccc(N2CCN(Cc3ccc(-n4c(-c5cccnc5N)nc5ccc(-c6ncccc6C#N)nc54)cc3)CC2)n1. The van der Waals surface area contributed by atoms with Crippen LogP contribution in [0.1, 0.15) is 17.0 Å². The average Bonchev–Trinajstić information content (AvgIpc) is 3.47. The van der Waals surface area contributed by atoms with Gasteiger partial charge in [0.1, 0.15) is 35.0 Å². The van der Waals surface area contributed by atoms with Gasteiger partial charge in [-0.1, -0.05) is 12.1 Å². The van der Waals surface area contributed by atoms with Gasteiger partial charge < -0.3 is 10.6 Å². The third-order valence-electron chi connectivity index (χ3n) is 7.79. The Bertz CT molecular complexity index is 2100. The van der Waals surface area contributed by atoms with Crippen molar-refractivity contribution in [3.8, 4) is 40.6 Å². The molecule has 45 heavy (non-hydrogen) atoms. The minimum Gasteiger partial charge on any atom is -0.383 e. The molecule has 12 heteroatoms. The second-order valence-electron chi connectivity index (χ2n) is 10.5. The Kier molecular flexibility index (Phi) is 7.23. The van der Waals surface area contributed by atoms with Gasteiger partial charge in [0.2, 0.25) is 5.82 Å². The van der Waals surface area contributed by atoms with Gasteiger partial charge in [0, 0.05) is 57.0 Å². The fraction of sp³-hybridized carbons (Fsp3) is 0.152. The third kappa shape index (κ3) is 5.38. The Morgan fingerprint density at radius 2 is 1.56 bits per heavy atom. The summed E-state index contributed by atoms with van der Waals surface area (Å²) in [5.41, 5.74) is 11.9. The largest absolute Gasteiger partial charge is 0.383 e. The van der Waals surface area contributed by atoms with Crippen LogP contribution < -0.4 is 10.6 Å². The van der Waals surface area contributed by atoms with Gasteiger partial charge in [-0.3, -0.25) is 14.5 Å². The highest BCUT2D eigenvalue weighted by Crippen LogP contribution is 2.32. The molecule has 0 atom stereocenters. The molecule has 7 rings (SSSR count). The smallest absolute Gasteiger partial charge is 0.234 e. The number of benzene rings is 1. The van der Waals surface area contributed by atoms with Crippen LogP contribution in [0.5, 0.6) is 0 Å². The molecule has 12 nitrogen and oxygen atoms in total. The molecule has 0 amide bonds. The average molecular weight is 591 g/mol. The van der Waals surface area contributed by atoms with Crippen molar-refractivity contribution < 1.29 is 0 Å². The van der Waals surface area contributed by atoms with E-state index in [1.165, 1.54) is 5.56 Å². The Morgan fingerprint density at radius 1 is 0.756 bits per heavy atom. The number of aromatic nitrogens is 7. The molecule has 1 aliphatic heterocycles. The van der Waals surface area contributed by atoms with Crippen LogP contribution >= 0.6 is 0 Å². The summed E-state index contributed by atoms with van der Waals surface area (Å²) in [6.07, 6.45) is 4.93. The maximum absolute atomic E-state index is 9.66. The second-order valence-corrected chi connectivity index (χ2v) is 10.5. The molecule has 0 unspecified atom stereocenters. The summed E-state index contributed by atoms with van der Waals surface area (Å²) in [5, 5.41) is 18.8. The predicted molar refractivity (Wildman–Crippen MR) is 169 cm³/mol. The van der Waals surface area contributed by atoms with Crippen LogP contribution in [0.15, 0.2) is 85.3 Å². The molecule has 6 heterocycles. The molecule has 0 aliphatic carbocycles. The highest BCUT2D eigenvalue weighted by atomic mass is 15.3. The lowest BCUT2D eigenvalue weighted by Crippen LogP contribution is -2.46. The van der Waals surface area contributed by atoms with Crippen LogP contribution in [-0.4, -0.2) is 65.5 Å². The molecular formula is C33H26N12. The van der Waals surface area contributed by atoms with Crippen molar-refractivity contribution in [2.24, 2.45) is 0 Å². The van der Waals surface area contributed by atoms with Gasteiger partial charge in [-0.15, -0.1) is 0 Å². The molecule has 0 spiro atoms. The highest BCUT2D eigenvalue weighted by molar-refractivity contribution is 5.84. The Hall–Kier alpha value is -6.24. The lowest BCUT2D eigenvalue weighted by molar-refractivity contribution is 0.249. The van der Waals surface area contributed by atoms with Crippen molar-refractivity contribution in [1.29, 1.82) is 10.5 Å². The van der Waals surface area contributed by atoms with Crippen molar-refractivity contribution in [3.63, 3.8) is 0 Å². The van der Waals surface area contributed by atoms with Gasteiger partial charge in [-0.2, -0.15) is 10.5 Å². The zero-order valence-electron chi connectivity index (χ0n) is 24.1. The van der Waals surface area contributed by atoms with Gasteiger partial charge in [-0.25, -0.2) is 24.9 Å². The van der Waals surface area contributed by atoms with Gasteiger partial charge in [0.15, 0.2) is 11.5 Å². The third-order valence-corrected chi connectivity index (χ3v) is 7.79. The monoisotopic (exact) mass is 590 g/mol. The molecule has 218 valence electrons. The summed E-state index contributed by atoms with van der Waals surface area (Å²) < 4.78 is 1.97. The summed E-state index contributed by atoms with van der Waals surface area (Å²) in [7, 11) is 0. The molecule has 6 aromatic rings. The standard InChI is InChI=1S/C33H26N12/c34-19-23-3-1-12-38-30(23)26-9-10-27-33(40-26)45(32(41-27)25-4-2-13-39-31(25)36)24-7-5-22(6-8-24)21-43-15-17-44(18-16-43)29-11-14-37-28(20-35)42-29/h1-14H,15-18,21H2,(H2,36,39). The first kappa shape index (κ1) is 27.6. The number of rotatable bonds is 6. The number of hydrogen-bond acceptors (Lipinski definition) is 11.